The molecule has 1 nitrogen and oxygen atoms in total. The van der Waals surface area contributed by atoms with Crippen molar-refractivity contribution in [2.45, 2.75) is 31.0 Å². The van der Waals surface area contributed by atoms with Crippen molar-refractivity contribution in [1.82, 2.24) is 0 Å². The summed E-state index contributed by atoms with van der Waals surface area (Å²) in [6.07, 6.45) is 1.82. The van der Waals surface area contributed by atoms with Gasteiger partial charge in [0.1, 0.15) is 5.67 Å². The molecule has 0 spiro atoms. The van der Waals surface area contributed by atoms with E-state index in [1.165, 1.54) is 11.3 Å². The summed E-state index contributed by atoms with van der Waals surface area (Å²) in [6.45, 7) is 0. The van der Waals surface area contributed by atoms with Gasteiger partial charge < -0.3 is 5.73 Å². The van der Waals surface area contributed by atoms with Crippen molar-refractivity contribution in [3.63, 3.8) is 0 Å². The van der Waals surface area contributed by atoms with Gasteiger partial charge >= 0.3 is 0 Å². The molecule has 0 aromatic carbocycles. The van der Waals surface area contributed by atoms with Crippen LogP contribution >= 0.6 is 27.3 Å². The standard InChI is InChI=1S/C9H11BrFNS/c10-7-2-4-13-8(7)9(11)3-1-6(12)5-9/h2,4,6H,1,3,5,12H2. The highest BCUT2D eigenvalue weighted by Gasteiger charge is 2.41. The third kappa shape index (κ3) is 1.67. The number of nitrogens with two attached hydrogens (primary N) is 1. The first-order valence-corrected chi connectivity index (χ1v) is 5.97. The Morgan fingerprint density at radius 3 is 2.92 bits per heavy atom. The lowest BCUT2D eigenvalue weighted by Gasteiger charge is -2.18. The molecule has 0 bridgehead atoms. The first kappa shape index (κ1) is 9.62. The molecule has 0 radical (unpaired) electrons. The fourth-order valence-corrected chi connectivity index (χ4v) is 3.71. The average Bonchev–Trinajstić information content (AvgIpc) is 2.59. The predicted octanol–water partition coefficient (Wildman–Crippen LogP) is 3.19. The van der Waals surface area contributed by atoms with Crippen molar-refractivity contribution in [1.29, 1.82) is 0 Å². The van der Waals surface area contributed by atoms with Crippen molar-refractivity contribution in [2.75, 3.05) is 0 Å². The van der Waals surface area contributed by atoms with E-state index in [0.29, 0.717) is 12.8 Å². The van der Waals surface area contributed by atoms with Gasteiger partial charge in [0.15, 0.2) is 0 Å². The Kier molecular flexibility index (Phi) is 2.47. The Balaban J connectivity index is 2.30. The van der Waals surface area contributed by atoms with Gasteiger partial charge in [-0.05, 0) is 40.2 Å². The molecule has 2 N–H and O–H groups in total. The van der Waals surface area contributed by atoms with Crippen LogP contribution in [0.3, 0.4) is 0 Å². The molecule has 4 heteroatoms. The van der Waals surface area contributed by atoms with Crippen molar-refractivity contribution in [2.24, 2.45) is 5.73 Å². The Hall–Kier alpha value is 0.0700. The Labute approximate surface area is 89.3 Å². The number of hydrogen-bond acceptors (Lipinski definition) is 2. The van der Waals surface area contributed by atoms with Crippen LogP contribution < -0.4 is 5.73 Å². The maximum Gasteiger partial charge on any atom is 0.147 e. The Bertz CT molecular complexity index is 314. The van der Waals surface area contributed by atoms with Gasteiger partial charge in [0.2, 0.25) is 0 Å². The lowest BCUT2D eigenvalue weighted by molar-refractivity contribution is 0.177. The second-order valence-corrected chi connectivity index (χ2v) is 5.34. The van der Waals surface area contributed by atoms with E-state index in [-0.39, 0.29) is 6.04 Å². The minimum atomic E-state index is -1.17. The highest BCUT2D eigenvalue weighted by atomic mass is 79.9. The summed E-state index contributed by atoms with van der Waals surface area (Å²) >= 11 is 4.83. The molecule has 13 heavy (non-hydrogen) atoms. The molecule has 2 rings (SSSR count). The van der Waals surface area contributed by atoms with Crippen LogP contribution in [0.25, 0.3) is 0 Å². The van der Waals surface area contributed by atoms with Gasteiger partial charge in [-0.1, -0.05) is 0 Å². The molecule has 1 saturated carbocycles. The Morgan fingerprint density at radius 2 is 2.46 bits per heavy atom. The van der Waals surface area contributed by atoms with Gasteiger partial charge in [0, 0.05) is 16.9 Å². The van der Waals surface area contributed by atoms with Crippen LogP contribution in [0, 0.1) is 0 Å². The first-order chi connectivity index (χ1) is 6.12. The van der Waals surface area contributed by atoms with Crippen LogP contribution in [0.5, 0.6) is 0 Å². The molecular weight excluding hydrogens is 253 g/mol. The summed E-state index contributed by atoms with van der Waals surface area (Å²) in [5.74, 6) is 0. The van der Waals surface area contributed by atoms with Crippen molar-refractivity contribution >= 4 is 27.3 Å². The van der Waals surface area contributed by atoms with Crippen LogP contribution in [-0.4, -0.2) is 6.04 Å². The monoisotopic (exact) mass is 263 g/mol. The fraction of sp³-hybridized carbons (Fsp3) is 0.556. The van der Waals surface area contributed by atoms with Crippen molar-refractivity contribution in [3.8, 4) is 0 Å². The highest BCUT2D eigenvalue weighted by molar-refractivity contribution is 9.10. The molecule has 2 atom stereocenters. The molecule has 0 saturated heterocycles. The lowest BCUT2D eigenvalue weighted by atomic mass is 10.0. The molecule has 72 valence electrons. The zero-order valence-corrected chi connectivity index (χ0v) is 9.50. The molecule has 2 unspecified atom stereocenters. The van der Waals surface area contributed by atoms with Gasteiger partial charge in [-0.2, -0.15) is 0 Å². The van der Waals surface area contributed by atoms with E-state index in [0.717, 1.165) is 15.8 Å². The second kappa shape index (κ2) is 3.33. The maximum absolute atomic E-state index is 14.3. The van der Waals surface area contributed by atoms with Crippen LogP contribution in [0.2, 0.25) is 0 Å². The van der Waals surface area contributed by atoms with E-state index >= 15 is 0 Å². The van der Waals surface area contributed by atoms with Crippen molar-refractivity contribution in [3.05, 3.63) is 20.8 Å². The zero-order valence-electron chi connectivity index (χ0n) is 7.09. The van der Waals surface area contributed by atoms with Gasteiger partial charge in [-0.15, -0.1) is 11.3 Å². The molecule has 1 aliphatic carbocycles. The summed E-state index contributed by atoms with van der Waals surface area (Å²) in [6, 6.07) is 1.92. The fourth-order valence-electron chi connectivity index (χ4n) is 1.85. The number of rotatable bonds is 1. The predicted molar refractivity (Wildman–Crippen MR) is 56.6 cm³/mol. The normalized spacial score (nSPS) is 33.9. The van der Waals surface area contributed by atoms with Gasteiger partial charge in [-0.25, -0.2) is 4.39 Å². The summed E-state index contributed by atoms with van der Waals surface area (Å²) in [7, 11) is 0. The zero-order chi connectivity index (χ0) is 9.47. The van der Waals surface area contributed by atoms with Crippen LogP contribution in [0.4, 0.5) is 4.39 Å². The molecule has 0 amide bonds. The molecule has 1 fully saturated rings. The van der Waals surface area contributed by atoms with E-state index in [1.807, 2.05) is 11.4 Å². The van der Waals surface area contributed by atoms with E-state index in [9.17, 15) is 4.39 Å². The van der Waals surface area contributed by atoms with E-state index < -0.39 is 5.67 Å². The number of halogens is 2. The minimum Gasteiger partial charge on any atom is -0.328 e. The smallest absolute Gasteiger partial charge is 0.147 e. The maximum atomic E-state index is 14.3. The highest BCUT2D eigenvalue weighted by Crippen LogP contribution is 2.46. The number of thiophene rings is 1. The molecule has 1 aromatic rings. The van der Waals surface area contributed by atoms with E-state index in [2.05, 4.69) is 15.9 Å². The van der Waals surface area contributed by atoms with Gasteiger partial charge in [0.05, 0.1) is 4.88 Å². The second-order valence-electron chi connectivity index (χ2n) is 3.57. The number of hydrogen-bond donors (Lipinski definition) is 1. The lowest BCUT2D eigenvalue weighted by Crippen LogP contribution is -2.20. The summed E-state index contributed by atoms with van der Waals surface area (Å²) < 4.78 is 15.2. The molecular formula is C9H11BrFNS. The molecule has 1 aliphatic rings. The minimum absolute atomic E-state index is 0.0269. The van der Waals surface area contributed by atoms with E-state index in [1.54, 1.807) is 0 Å². The third-order valence-electron chi connectivity index (χ3n) is 2.52. The molecule has 0 aliphatic heterocycles. The Morgan fingerprint density at radius 1 is 1.69 bits per heavy atom. The number of alkyl halides is 1. The SMILES string of the molecule is NC1CCC(F)(c2sccc2Br)C1. The van der Waals surface area contributed by atoms with Crippen molar-refractivity contribution < 1.29 is 4.39 Å². The van der Waals surface area contributed by atoms with Crippen LogP contribution in [0.15, 0.2) is 15.9 Å². The summed E-state index contributed by atoms with van der Waals surface area (Å²) in [5.41, 5.74) is 4.54. The van der Waals surface area contributed by atoms with Gasteiger partial charge in [0.25, 0.3) is 0 Å². The van der Waals surface area contributed by atoms with Gasteiger partial charge in [-0.3, -0.25) is 0 Å². The largest absolute Gasteiger partial charge is 0.328 e. The molecule has 1 heterocycles. The average molecular weight is 264 g/mol. The summed E-state index contributed by atoms with van der Waals surface area (Å²) in [4.78, 5) is 0.806. The quantitative estimate of drug-likeness (QED) is 0.828. The topological polar surface area (TPSA) is 26.0 Å². The third-order valence-corrected chi connectivity index (χ3v) is 4.54. The van der Waals surface area contributed by atoms with Crippen LogP contribution in [0.1, 0.15) is 24.1 Å². The molecule has 1 aromatic heterocycles. The van der Waals surface area contributed by atoms with Crippen LogP contribution in [-0.2, 0) is 5.67 Å². The van der Waals surface area contributed by atoms with E-state index in [4.69, 9.17) is 5.73 Å². The first-order valence-electron chi connectivity index (χ1n) is 4.30. The summed E-state index contributed by atoms with van der Waals surface area (Å²) in [5, 5.41) is 1.91.